The van der Waals surface area contributed by atoms with Crippen LogP contribution in [0.25, 0.3) is 0 Å². The molecular formula is C14H13F3N2O2. The standard InChI is InChI=1S/C14H13F3N2O2/c15-14(16,17)11-7-9(8-18)1-2-12(11)19-5-3-10(4-6-19)13(20)21/h1-2,7,10H,3-6H2,(H,20,21). The van der Waals surface area contributed by atoms with Crippen LogP contribution in [0, 0.1) is 17.2 Å². The summed E-state index contributed by atoms with van der Waals surface area (Å²) in [5, 5.41) is 17.6. The number of nitrogens with zero attached hydrogens (tertiary/aromatic N) is 2. The Hall–Kier alpha value is -2.23. The van der Waals surface area contributed by atoms with E-state index in [1.165, 1.54) is 17.0 Å². The van der Waals surface area contributed by atoms with Gasteiger partial charge in [-0.2, -0.15) is 18.4 Å². The van der Waals surface area contributed by atoms with Crippen LogP contribution >= 0.6 is 0 Å². The summed E-state index contributed by atoms with van der Waals surface area (Å²) in [6.07, 6.45) is -3.93. The molecule has 1 N–H and O–H groups in total. The van der Waals surface area contributed by atoms with Crippen LogP contribution in [0.5, 0.6) is 0 Å². The average molecular weight is 298 g/mol. The lowest BCUT2D eigenvalue weighted by Crippen LogP contribution is -2.37. The van der Waals surface area contributed by atoms with E-state index in [9.17, 15) is 18.0 Å². The number of nitriles is 1. The fraction of sp³-hybridized carbons (Fsp3) is 0.429. The van der Waals surface area contributed by atoms with E-state index < -0.39 is 23.6 Å². The molecule has 0 aliphatic carbocycles. The molecule has 112 valence electrons. The van der Waals surface area contributed by atoms with Gasteiger partial charge in [-0.05, 0) is 31.0 Å². The number of halogens is 3. The minimum Gasteiger partial charge on any atom is -0.481 e. The summed E-state index contributed by atoms with van der Waals surface area (Å²) in [5.41, 5.74) is -0.896. The molecule has 1 saturated heterocycles. The molecule has 0 atom stereocenters. The maximum absolute atomic E-state index is 13.1. The van der Waals surface area contributed by atoms with Gasteiger partial charge in [0.25, 0.3) is 0 Å². The van der Waals surface area contributed by atoms with Crippen LogP contribution < -0.4 is 4.90 Å². The fourth-order valence-corrected chi connectivity index (χ4v) is 2.48. The van der Waals surface area contributed by atoms with E-state index in [0.29, 0.717) is 12.8 Å². The van der Waals surface area contributed by atoms with Gasteiger partial charge in [-0.1, -0.05) is 0 Å². The van der Waals surface area contributed by atoms with Crippen molar-refractivity contribution >= 4 is 11.7 Å². The number of carboxylic acid groups (broad SMARTS) is 1. The van der Waals surface area contributed by atoms with Gasteiger partial charge in [0.15, 0.2) is 0 Å². The topological polar surface area (TPSA) is 64.3 Å². The molecule has 1 aliphatic heterocycles. The Morgan fingerprint density at radius 1 is 1.33 bits per heavy atom. The van der Waals surface area contributed by atoms with Gasteiger partial charge in [-0.3, -0.25) is 4.79 Å². The number of benzene rings is 1. The van der Waals surface area contributed by atoms with E-state index >= 15 is 0 Å². The maximum Gasteiger partial charge on any atom is 0.418 e. The second kappa shape index (κ2) is 5.64. The number of hydrogen-bond donors (Lipinski definition) is 1. The van der Waals surface area contributed by atoms with Gasteiger partial charge in [0.05, 0.1) is 23.1 Å². The van der Waals surface area contributed by atoms with Crippen molar-refractivity contribution in [2.24, 2.45) is 5.92 Å². The first-order valence-corrected chi connectivity index (χ1v) is 6.42. The molecule has 1 heterocycles. The number of carbonyl (C=O) groups is 1. The van der Waals surface area contributed by atoms with Crippen molar-refractivity contribution in [1.29, 1.82) is 5.26 Å². The molecule has 1 aromatic carbocycles. The summed E-state index contributed by atoms with van der Waals surface area (Å²) in [4.78, 5) is 12.4. The van der Waals surface area contributed by atoms with E-state index in [4.69, 9.17) is 10.4 Å². The van der Waals surface area contributed by atoms with Crippen molar-refractivity contribution in [3.63, 3.8) is 0 Å². The van der Waals surface area contributed by atoms with Gasteiger partial charge >= 0.3 is 12.1 Å². The van der Waals surface area contributed by atoms with E-state index in [2.05, 4.69) is 0 Å². The molecule has 0 radical (unpaired) electrons. The second-order valence-corrected chi connectivity index (χ2v) is 4.94. The zero-order valence-corrected chi connectivity index (χ0v) is 11.0. The minimum atomic E-state index is -4.55. The summed E-state index contributed by atoms with van der Waals surface area (Å²) >= 11 is 0. The van der Waals surface area contributed by atoms with Crippen LogP contribution in [-0.2, 0) is 11.0 Å². The maximum atomic E-state index is 13.1. The van der Waals surface area contributed by atoms with Gasteiger partial charge in [0.2, 0.25) is 0 Å². The van der Waals surface area contributed by atoms with E-state index in [1.807, 2.05) is 0 Å². The SMILES string of the molecule is N#Cc1ccc(N2CCC(C(=O)O)CC2)c(C(F)(F)F)c1. The highest BCUT2D eigenvalue weighted by molar-refractivity contribution is 5.70. The zero-order chi connectivity index (χ0) is 15.6. The molecule has 1 aromatic rings. The first-order chi connectivity index (χ1) is 9.82. The molecule has 0 unspecified atom stereocenters. The molecule has 21 heavy (non-hydrogen) atoms. The molecule has 1 fully saturated rings. The van der Waals surface area contributed by atoms with Gasteiger partial charge in [-0.25, -0.2) is 0 Å². The Balaban J connectivity index is 2.29. The number of alkyl halides is 3. The number of hydrogen-bond acceptors (Lipinski definition) is 3. The molecule has 0 aromatic heterocycles. The number of carboxylic acids is 1. The molecule has 0 amide bonds. The lowest BCUT2D eigenvalue weighted by molar-refractivity contribution is -0.142. The fourth-order valence-electron chi connectivity index (χ4n) is 2.48. The Kier molecular flexibility index (Phi) is 4.07. The molecule has 0 bridgehead atoms. The molecule has 4 nitrogen and oxygen atoms in total. The second-order valence-electron chi connectivity index (χ2n) is 4.94. The van der Waals surface area contributed by atoms with Crippen LogP contribution in [-0.4, -0.2) is 24.2 Å². The van der Waals surface area contributed by atoms with Crippen molar-refractivity contribution in [2.45, 2.75) is 19.0 Å². The lowest BCUT2D eigenvalue weighted by Gasteiger charge is -2.33. The average Bonchev–Trinajstić information content (AvgIpc) is 2.46. The van der Waals surface area contributed by atoms with Gasteiger partial charge in [-0.15, -0.1) is 0 Å². The highest BCUT2D eigenvalue weighted by Crippen LogP contribution is 2.38. The first kappa shape index (κ1) is 15.2. The smallest absolute Gasteiger partial charge is 0.418 e. The summed E-state index contributed by atoms with van der Waals surface area (Å²) in [7, 11) is 0. The molecule has 0 spiro atoms. The quantitative estimate of drug-likeness (QED) is 0.912. The molecule has 2 rings (SSSR count). The van der Waals surface area contributed by atoms with Crippen molar-refractivity contribution in [1.82, 2.24) is 0 Å². The highest BCUT2D eigenvalue weighted by atomic mass is 19.4. The largest absolute Gasteiger partial charge is 0.481 e. The lowest BCUT2D eigenvalue weighted by atomic mass is 9.96. The Morgan fingerprint density at radius 2 is 1.95 bits per heavy atom. The number of anilines is 1. The molecule has 0 saturated carbocycles. The van der Waals surface area contributed by atoms with Crippen LogP contribution in [0.15, 0.2) is 18.2 Å². The summed E-state index contributed by atoms with van der Waals surface area (Å²) in [6, 6.07) is 5.15. The summed E-state index contributed by atoms with van der Waals surface area (Å²) in [6.45, 7) is 0.512. The van der Waals surface area contributed by atoms with Crippen molar-refractivity contribution in [2.75, 3.05) is 18.0 Å². The highest BCUT2D eigenvalue weighted by Gasteiger charge is 2.36. The molecule has 1 aliphatic rings. The van der Waals surface area contributed by atoms with Crippen molar-refractivity contribution in [3.8, 4) is 6.07 Å². The summed E-state index contributed by atoms with van der Waals surface area (Å²) in [5.74, 6) is -1.42. The predicted molar refractivity (Wildman–Crippen MR) is 68.7 cm³/mol. The number of rotatable bonds is 2. The van der Waals surface area contributed by atoms with Gasteiger partial charge < -0.3 is 10.0 Å². The number of piperidine rings is 1. The van der Waals surface area contributed by atoms with Crippen LogP contribution in [0.4, 0.5) is 18.9 Å². The van der Waals surface area contributed by atoms with E-state index in [-0.39, 0.29) is 24.3 Å². The summed E-state index contributed by atoms with van der Waals surface area (Å²) < 4.78 is 39.3. The zero-order valence-electron chi connectivity index (χ0n) is 11.0. The van der Waals surface area contributed by atoms with Gasteiger partial charge in [0.1, 0.15) is 0 Å². The van der Waals surface area contributed by atoms with E-state index in [0.717, 1.165) is 6.07 Å². The Labute approximate surface area is 119 Å². The molecular weight excluding hydrogens is 285 g/mol. The van der Waals surface area contributed by atoms with Crippen LogP contribution in [0.1, 0.15) is 24.0 Å². The Bertz CT molecular complexity index is 585. The first-order valence-electron chi connectivity index (χ1n) is 6.42. The number of aliphatic carboxylic acids is 1. The monoisotopic (exact) mass is 298 g/mol. The van der Waals surface area contributed by atoms with E-state index in [1.54, 1.807) is 6.07 Å². The van der Waals surface area contributed by atoms with Crippen LogP contribution in [0.3, 0.4) is 0 Å². The predicted octanol–water partition coefficient (Wildman–Crippen LogP) is 2.88. The third-order valence-electron chi connectivity index (χ3n) is 3.62. The minimum absolute atomic E-state index is 0.00494. The Morgan fingerprint density at radius 3 is 2.43 bits per heavy atom. The van der Waals surface area contributed by atoms with Crippen LogP contribution in [0.2, 0.25) is 0 Å². The third-order valence-corrected chi connectivity index (χ3v) is 3.62. The third kappa shape index (κ3) is 3.27. The van der Waals surface area contributed by atoms with Crippen molar-refractivity contribution in [3.05, 3.63) is 29.3 Å². The van der Waals surface area contributed by atoms with Crippen molar-refractivity contribution < 1.29 is 23.1 Å². The van der Waals surface area contributed by atoms with Gasteiger partial charge in [0, 0.05) is 18.8 Å². The normalized spacial score (nSPS) is 16.6. The molecule has 7 heteroatoms.